The molecule has 0 radical (unpaired) electrons. The molecular formula is C21H24N2O2S. The Bertz CT molecular complexity index is 776. The third-order valence-electron chi connectivity index (χ3n) is 5.01. The average Bonchev–Trinajstić information content (AvgIpc) is 2.97. The number of hydrogen-bond donors (Lipinski definition) is 1. The Morgan fingerprint density at radius 3 is 2.46 bits per heavy atom. The van der Waals surface area contributed by atoms with Crippen LogP contribution in [0.2, 0.25) is 0 Å². The summed E-state index contributed by atoms with van der Waals surface area (Å²) in [4.78, 5) is 28.2. The maximum absolute atomic E-state index is 12.9. The summed E-state index contributed by atoms with van der Waals surface area (Å²) in [5, 5.41) is 3.00. The molecule has 26 heavy (non-hydrogen) atoms. The summed E-state index contributed by atoms with van der Waals surface area (Å²) in [6.45, 7) is 2.80. The van der Waals surface area contributed by atoms with Gasteiger partial charge in [0.1, 0.15) is 5.54 Å². The average molecular weight is 369 g/mol. The molecule has 3 rings (SSSR count). The Morgan fingerprint density at radius 2 is 1.81 bits per heavy atom. The summed E-state index contributed by atoms with van der Waals surface area (Å²) >= 11 is 1.69. The van der Waals surface area contributed by atoms with Gasteiger partial charge in [-0.2, -0.15) is 0 Å². The second kappa shape index (κ2) is 7.96. The fourth-order valence-electron chi connectivity index (χ4n) is 3.28. The van der Waals surface area contributed by atoms with E-state index < -0.39 is 5.54 Å². The van der Waals surface area contributed by atoms with Crippen LogP contribution in [0.1, 0.15) is 30.9 Å². The van der Waals surface area contributed by atoms with E-state index in [2.05, 4.69) is 5.32 Å². The van der Waals surface area contributed by atoms with Crippen LogP contribution >= 0.6 is 11.8 Å². The van der Waals surface area contributed by atoms with Crippen LogP contribution < -0.4 is 5.32 Å². The van der Waals surface area contributed by atoms with E-state index in [9.17, 15) is 9.59 Å². The molecule has 0 unspecified atom stereocenters. The molecule has 4 nitrogen and oxygen atoms in total. The van der Waals surface area contributed by atoms with Gasteiger partial charge in [0.2, 0.25) is 11.8 Å². The number of amides is 2. The summed E-state index contributed by atoms with van der Waals surface area (Å²) in [6.07, 6.45) is 3.00. The summed E-state index contributed by atoms with van der Waals surface area (Å²) < 4.78 is 0. The number of hydrogen-bond acceptors (Lipinski definition) is 3. The number of carbonyl (C=O) groups is 2. The molecule has 1 saturated heterocycles. The first-order valence-electron chi connectivity index (χ1n) is 8.78. The molecular weight excluding hydrogens is 344 g/mol. The number of nitrogens with one attached hydrogen (secondary N) is 1. The molecule has 2 amide bonds. The van der Waals surface area contributed by atoms with Crippen molar-refractivity contribution < 1.29 is 9.59 Å². The van der Waals surface area contributed by atoms with Gasteiger partial charge in [0.15, 0.2) is 0 Å². The highest BCUT2D eigenvalue weighted by Gasteiger charge is 2.46. The molecule has 1 fully saturated rings. The van der Waals surface area contributed by atoms with E-state index in [0.29, 0.717) is 25.9 Å². The fraction of sp³-hybridized carbons (Fsp3) is 0.333. The van der Waals surface area contributed by atoms with Crippen molar-refractivity contribution >= 4 is 23.6 Å². The van der Waals surface area contributed by atoms with Gasteiger partial charge in [-0.1, -0.05) is 42.5 Å². The van der Waals surface area contributed by atoms with Gasteiger partial charge in [0.05, 0.1) is 0 Å². The highest BCUT2D eigenvalue weighted by Crippen LogP contribution is 2.32. The number of thioether (sulfide) groups is 1. The zero-order valence-corrected chi connectivity index (χ0v) is 16.0. The predicted octanol–water partition coefficient (Wildman–Crippen LogP) is 3.61. The minimum Gasteiger partial charge on any atom is -0.350 e. The number of benzene rings is 2. The molecule has 1 aliphatic heterocycles. The van der Waals surface area contributed by atoms with Gasteiger partial charge in [0.25, 0.3) is 0 Å². The van der Waals surface area contributed by atoms with Gasteiger partial charge >= 0.3 is 0 Å². The van der Waals surface area contributed by atoms with Crippen molar-refractivity contribution in [2.24, 2.45) is 0 Å². The number of nitrogens with zero attached hydrogens (tertiary/aromatic N) is 1. The topological polar surface area (TPSA) is 49.4 Å². The normalized spacial score (nSPS) is 19.6. The van der Waals surface area contributed by atoms with Crippen LogP contribution in [0.15, 0.2) is 59.5 Å². The lowest BCUT2D eigenvalue weighted by Gasteiger charge is -2.34. The third kappa shape index (κ3) is 3.93. The van der Waals surface area contributed by atoms with Crippen molar-refractivity contribution in [2.45, 2.75) is 43.3 Å². The zero-order chi connectivity index (χ0) is 18.6. The molecule has 1 heterocycles. The molecule has 2 aromatic rings. The van der Waals surface area contributed by atoms with Crippen molar-refractivity contribution in [3.05, 3.63) is 65.7 Å². The van der Waals surface area contributed by atoms with Gasteiger partial charge in [-0.3, -0.25) is 9.59 Å². The van der Waals surface area contributed by atoms with Crippen molar-refractivity contribution in [3.8, 4) is 0 Å². The van der Waals surface area contributed by atoms with E-state index in [1.165, 1.54) is 4.90 Å². The van der Waals surface area contributed by atoms with Crippen LogP contribution in [0.3, 0.4) is 0 Å². The fourth-order valence-corrected chi connectivity index (χ4v) is 3.68. The molecule has 1 atom stereocenters. The monoisotopic (exact) mass is 368 g/mol. The third-order valence-corrected chi connectivity index (χ3v) is 5.75. The van der Waals surface area contributed by atoms with Gasteiger partial charge in [-0.05, 0) is 42.9 Å². The Hall–Kier alpha value is -2.27. The van der Waals surface area contributed by atoms with E-state index in [1.807, 2.05) is 67.8 Å². The smallest absolute Gasteiger partial charge is 0.245 e. The Morgan fingerprint density at radius 1 is 1.12 bits per heavy atom. The summed E-state index contributed by atoms with van der Waals surface area (Å²) in [7, 11) is 0. The Balaban J connectivity index is 1.70. The van der Waals surface area contributed by atoms with E-state index in [0.717, 1.165) is 11.1 Å². The first kappa shape index (κ1) is 18.5. The van der Waals surface area contributed by atoms with E-state index in [-0.39, 0.29) is 11.8 Å². The lowest BCUT2D eigenvalue weighted by molar-refractivity contribution is -0.141. The largest absolute Gasteiger partial charge is 0.350 e. The number of carbonyl (C=O) groups excluding carboxylic acids is 2. The van der Waals surface area contributed by atoms with Crippen LogP contribution in [0, 0.1) is 0 Å². The molecule has 0 bridgehead atoms. The van der Waals surface area contributed by atoms with Gasteiger partial charge in [0, 0.05) is 24.4 Å². The van der Waals surface area contributed by atoms with Crippen LogP contribution in [0.5, 0.6) is 0 Å². The van der Waals surface area contributed by atoms with Crippen molar-refractivity contribution in [1.29, 1.82) is 0 Å². The lowest BCUT2D eigenvalue weighted by atomic mass is 9.97. The summed E-state index contributed by atoms with van der Waals surface area (Å²) in [6, 6.07) is 18.0. The molecule has 5 heteroatoms. The molecule has 0 aromatic heterocycles. The highest BCUT2D eigenvalue weighted by molar-refractivity contribution is 7.98. The minimum atomic E-state index is -0.802. The van der Waals surface area contributed by atoms with Gasteiger partial charge in [-0.15, -0.1) is 11.8 Å². The van der Waals surface area contributed by atoms with E-state index in [4.69, 9.17) is 0 Å². The second-order valence-electron chi connectivity index (χ2n) is 6.77. The first-order valence-corrected chi connectivity index (χ1v) is 10.0. The van der Waals surface area contributed by atoms with Crippen LogP contribution in [-0.4, -0.2) is 28.5 Å². The zero-order valence-electron chi connectivity index (χ0n) is 15.2. The number of likely N-dealkylation sites (tertiary alicyclic amines) is 1. The molecule has 0 aliphatic carbocycles. The van der Waals surface area contributed by atoms with Crippen molar-refractivity contribution in [1.82, 2.24) is 10.2 Å². The Kier molecular flexibility index (Phi) is 5.67. The van der Waals surface area contributed by atoms with E-state index in [1.54, 1.807) is 16.7 Å². The van der Waals surface area contributed by atoms with Crippen molar-refractivity contribution in [2.75, 3.05) is 6.26 Å². The van der Waals surface area contributed by atoms with Crippen LogP contribution in [0.25, 0.3) is 0 Å². The van der Waals surface area contributed by atoms with Gasteiger partial charge < -0.3 is 10.2 Å². The highest BCUT2D eigenvalue weighted by atomic mass is 32.2. The molecule has 136 valence electrons. The molecule has 0 spiro atoms. The molecule has 0 saturated carbocycles. The van der Waals surface area contributed by atoms with Gasteiger partial charge in [-0.25, -0.2) is 0 Å². The van der Waals surface area contributed by atoms with Crippen molar-refractivity contribution in [3.63, 3.8) is 0 Å². The number of rotatable bonds is 6. The van der Waals surface area contributed by atoms with Crippen LogP contribution in [0.4, 0.5) is 0 Å². The molecule has 1 N–H and O–H groups in total. The maximum Gasteiger partial charge on any atom is 0.245 e. The second-order valence-corrected chi connectivity index (χ2v) is 7.65. The lowest BCUT2D eigenvalue weighted by Crippen LogP contribution is -2.53. The quantitative estimate of drug-likeness (QED) is 0.793. The first-order chi connectivity index (χ1) is 12.5. The minimum absolute atomic E-state index is 0.0382. The molecule has 2 aromatic carbocycles. The standard InChI is InChI=1S/C21H24N2O2S/c1-21(20(25)22-14-16-6-4-3-5-7-16)13-12-19(24)23(21)15-17-8-10-18(26-2)11-9-17/h3-11H,12-15H2,1-2H3,(H,22,25)/t21-/m0/s1. The SMILES string of the molecule is CSc1ccc(CN2C(=O)CC[C@@]2(C)C(=O)NCc2ccccc2)cc1. The molecule has 1 aliphatic rings. The van der Waals surface area contributed by atoms with Crippen LogP contribution in [-0.2, 0) is 22.7 Å². The summed E-state index contributed by atoms with van der Waals surface area (Å²) in [5.74, 6) is -0.0516. The predicted molar refractivity (Wildman–Crippen MR) is 105 cm³/mol. The van der Waals surface area contributed by atoms with E-state index >= 15 is 0 Å². The Labute approximate surface area is 159 Å². The summed E-state index contributed by atoms with van der Waals surface area (Å²) in [5.41, 5.74) is 1.29. The maximum atomic E-state index is 12.9.